The van der Waals surface area contributed by atoms with Gasteiger partial charge in [-0.15, -0.1) is 0 Å². The van der Waals surface area contributed by atoms with Crippen molar-refractivity contribution in [3.63, 3.8) is 0 Å². The zero-order valence-corrected chi connectivity index (χ0v) is 14.4. The highest BCUT2D eigenvalue weighted by Gasteiger charge is 2.07. The van der Waals surface area contributed by atoms with Gasteiger partial charge in [-0.05, 0) is 49.7 Å². The summed E-state index contributed by atoms with van der Waals surface area (Å²) in [5.41, 5.74) is 1.31. The summed E-state index contributed by atoms with van der Waals surface area (Å²) >= 11 is 0. The van der Waals surface area contributed by atoms with Crippen molar-refractivity contribution in [2.75, 3.05) is 18.5 Å². The van der Waals surface area contributed by atoms with E-state index in [1.165, 1.54) is 12.8 Å². The van der Waals surface area contributed by atoms with Crippen LogP contribution in [-0.2, 0) is 0 Å². The molecule has 0 aliphatic rings. The highest BCUT2D eigenvalue weighted by molar-refractivity contribution is 6.04. The lowest BCUT2D eigenvalue weighted by Crippen LogP contribution is -2.11. The molecule has 2 aromatic carbocycles. The zero-order valence-electron chi connectivity index (χ0n) is 14.4. The summed E-state index contributed by atoms with van der Waals surface area (Å²) in [6.07, 6.45) is 3.39. The molecule has 0 aliphatic carbocycles. The molecule has 0 aromatic heterocycles. The van der Waals surface area contributed by atoms with Gasteiger partial charge in [0.2, 0.25) is 0 Å². The molecular formula is C20H25NO3. The summed E-state index contributed by atoms with van der Waals surface area (Å²) in [5, 5.41) is 2.88. The topological polar surface area (TPSA) is 47.6 Å². The third-order valence-electron chi connectivity index (χ3n) is 3.54. The number of amides is 1. The largest absolute Gasteiger partial charge is 0.494 e. The van der Waals surface area contributed by atoms with Crippen molar-refractivity contribution < 1.29 is 14.3 Å². The molecule has 0 saturated carbocycles. The fraction of sp³-hybridized carbons (Fsp3) is 0.350. The molecule has 0 saturated heterocycles. The van der Waals surface area contributed by atoms with Crippen LogP contribution in [-0.4, -0.2) is 19.1 Å². The van der Waals surface area contributed by atoms with Crippen LogP contribution < -0.4 is 14.8 Å². The van der Waals surface area contributed by atoms with Crippen molar-refractivity contribution in [3.05, 3.63) is 54.1 Å². The molecule has 0 unspecified atom stereocenters. The van der Waals surface area contributed by atoms with Crippen LogP contribution in [0.4, 0.5) is 5.69 Å². The minimum Gasteiger partial charge on any atom is -0.494 e. The standard InChI is InChI=1S/C20H25NO3/c1-3-5-6-14-24-18-12-10-16(11-13-18)20(22)21-17-8-7-9-19(15-17)23-4-2/h7-13,15H,3-6,14H2,1-2H3,(H,21,22). The number of nitrogens with one attached hydrogen (secondary N) is 1. The van der Waals surface area contributed by atoms with E-state index in [1.54, 1.807) is 12.1 Å². The molecule has 2 aromatic rings. The third kappa shape index (κ3) is 5.61. The number of carbonyl (C=O) groups excluding carboxylic acids is 1. The van der Waals surface area contributed by atoms with Crippen molar-refractivity contribution in [2.45, 2.75) is 33.1 Å². The first-order valence-electron chi connectivity index (χ1n) is 8.50. The molecule has 1 N–H and O–H groups in total. The predicted octanol–water partition coefficient (Wildman–Crippen LogP) is 4.91. The normalized spacial score (nSPS) is 10.2. The van der Waals surface area contributed by atoms with Gasteiger partial charge in [-0.3, -0.25) is 4.79 Å². The van der Waals surface area contributed by atoms with E-state index >= 15 is 0 Å². The number of ether oxygens (including phenoxy) is 2. The molecule has 0 atom stereocenters. The summed E-state index contributed by atoms with van der Waals surface area (Å²) in [5.74, 6) is 1.38. The van der Waals surface area contributed by atoms with Gasteiger partial charge in [-0.25, -0.2) is 0 Å². The van der Waals surface area contributed by atoms with E-state index in [9.17, 15) is 4.79 Å². The van der Waals surface area contributed by atoms with E-state index in [0.717, 1.165) is 17.9 Å². The van der Waals surface area contributed by atoms with Crippen LogP contribution in [0, 0.1) is 0 Å². The lowest BCUT2D eigenvalue weighted by molar-refractivity contribution is 0.102. The van der Waals surface area contributed by atoms with Gasteiger partial charge >= 0.3 is 0 Å². The second-order valence-electron chi connectivity index (χ2n) is 5.49. The number of carbonyl (C=O) groups is 1. The number of benzene rings is 2. The lowest BCUT2D eigenvalue weighted by Gasteiger charge is -2.09. The highest BCUT2D eigenvalue weighted by Crippen LogP contribution is 2.19. The van der Waals surface area contributed by atoms with E-state index in [4.69, 9.17) is 9.47 Å². The Balaban J connectivity index is 1.91. The van der Waals surface area contributed by atoms with Crippen molar-refractivity contribution in [2.24, 2.45) is 0 Å². The van der Waals surface area contributed by atoms with Gasteiger partial charge in [0, 0.05) is 17.3 Å². The van der Waals surface area contributed by atoms with E-state index in [0.29, 0.717) is 24.5 Å². The molecular weight excluding hydrogens is 302 g/mol. The Kier molecular flexibility index (Phi) is 7.15. The second kappa shape index (κ2) is 9.60. The van der Waals surface area contributed by atoms with Crippen molar-refractivity contribution in [3.8, 4) is 11.5 Å². The van der Waals surface area contributed by atoms with E-state index < -0.39 is 0 Å². The fourth-order valence-electron chi connectivity index (χ4n) is 2.28. The Morgan fingerprint density at radius 3 is 2.46 bits per heavy atom. The van der Waals surface area contributed by atoms with Crippen molar-refractivity contribution in [1.29, 1.82) is 0 Å². The van der Waals surface area contributed by atoms with Gasteiger partial charge in [0.15, 0.2) is 0 Å². The van der Waals surface area contributed by atoms with Gasteiger partial charge in [-0.1, -0.05) is 25.8 Å². The molecule has 0 fully saturated rings. The smallest absolute Gasteiger partial charge is 0.255 e. The lowest BCUT2D eigenvalue weighted by atomic mass is 10.2. The molecule has 0 spiro atoms. The van der Waals surface area contributed by atoms with E-state index in [2.05, 4.69) is 12.2 Å². The molecule has 1 amide bonds. The van der Waals surface area contributed by atoms with Crippen LogP contribution in [0.1, 0.15) is 43.5 Å². The first kappa shape index (κ1) is 17.9. The van der Waals surface area contributed by atoms with Gasteiger partial charge < -0.3 is 14.8 Å². The molecule has 0 bridgehead atoms. The number of unbranched alkanes of at least 4 members (excludes halogenated alkanes) is 2. The third-order valence-corrected chi connectivity index (χ3v) is 3.54. The van der Waals surface area contributed by atoms with Gasteiger partial charge in [0.05, 0.1) is 13.2 Å². The maximum absolute atomic E-state index is 12.3. The molecule has 0 aliphatic heterocycles. The Morgan fingerprint density at radius 1 is 0.958 bits per heavy atom. The molecule has 2 rings (SSSR count). The molecule has 4 heteroatoms. The van der Waals surface area contributed by atoms with Crippen LogP contribution in [0.5, 0.6) is 11.5 Å². The SMILES string of the molecule is CCCCCOc1ccc(C(=O)Nc2cccc(OCC)c2)cc1. The predicted molar refractivity (Wildman–Crippen MR) is 97.0 cm³/mol. The summed E-state index contributed by atoms with van der Waals surface area (Å²) in [6, 6.07) is 14.6. The van der Waals surface area contributed by atoms with Gasteiger partial charge in [0.1, 0.15) is 11.5 Å². The average Bonchev–Trinajstić information content (AvgIpc) is 2.60. The van der Waals surface area contributed by atoms with E-state index in [1.807, 2.05) is 43.3 Å². The summed E-state index contributed by atoms with van der Waals surface area (Å²) < 4.78 is 11.1. The Labute approximate surface area is 143 Å². The molecule has 0 radical (unpaired) electrons. The highest BCUT2D eigenvalue weighted by atomic mass is 16.5. The van der Waals surface area contributed by atoms with Crippen molar-refractivity contribution >= 4 is 11.6 Å². The van der Waals surface area contributed by atoms with Gasteiger partial charge in [-0.2, -0.15) is 0 Å². The number of hydrogen-bond donors (Lipinski definition) is 1. The second-order valence-corrected chi connectivity index (χ2v) is 5.49. The summed E-state index contributed by atoms with van der Waals surface area (Å²) in [7, 11) is 0. The first-order valence-corrected chi connectivity index (χ1v) is 8.50. The maximum Gasteiger partial charge on any atom is 0.255 e. The number of rotatable bonds is 9. The number of hydrogen-bond acceptors (Lipinski definition) is 3. The maximum atomic E-state index is 12.3. The van der Waals surface area contributed by atoms with E-state index in [-0.39, 0.29) is 5.91 Å². The summed E-state index contributed by atoms with van der Waals surface area (Å²) in [4.78, 5) is 12.3. The van der Waals surface area contributed by atoms with Crippen LogP contribution in [0.15, 0.2) is 48.5 Å². The minimum atomic E-state index is -0.152. The minimum absolute atomic E-state index is 0.152. The average molecular weight is 327 g/mol. The first-order chi connectivity index (χ1) is 11.7. The van der Waals surface area contributed by atoms with Crippen LogP contribution >= 0.6 is 0 Å². The molecule has 4 nitrogen and oxygen atoms in total. The van der Waals surface area contributed by atoms with Crippen LogP contribution in [0.2, 0.25) is 0 Å². The van der Waals surface area contributed by atoms with Crippen LogP contribution in [0.3, 0.4) is 0 Å². The number of anilines is 1. The zero-order chi connectivity index (χ0) is 17.2. The Morgan fingerprint density at radius 2 is 1.75 bits per heavy atom. The quantitative estimate of drug-likeness (QED) is 0.666. The van der Waals surface area contributed by atoms with Gasteiger partial charge in [0.25, 0.3) is 5.91 Å². The molecule has 0 heterocycles. The molecule has 24 heavy (non-hydrogen) atoms. The van der Waals surface area contributed by atoms with Crippen molar-refractivity contribution in [1.82, 2.24) is 0 Å². The Hall–Kier alpha value is -2.49. The fourth-order valence-corrected chi connectivity index (χ4v) is 2.28. The monoisotopic (exact) mass is 327 g/mol. The molecule has 128 valence electrons. The summed E-state index contributed by atoms with van der Waals surface area (Å²) in [6.45, 7) is 5.40. The van der Waals surface area contributed by atoms with Crippen LogP contribution in [0.25, 0.3) is 0 Å². The Bertz CT molecular complexity index is 638.